The number of benzene rings is 1. The van der Waals surface area contributed by atoms with E-state index < -0.39 is 17.9 Å². The first-order valence-corrected chi connectivity index (χ1v) is 12.2. The molecule has 2 atom stereocenters. The summed E-state index contributed by atoms with van der Waals surface area (Å²) in [5.74, 6) is 0.774. The van der Waals surface area contributed by atoms with E-state index in [1.807, 2.05) is 25.3 Å². The number of hydrogen-bond donors (Lipinski definition) is 2. The van der Waals surface area contributed by atoms with E-state index in [0.717, 1.165) is 46.0 Å². The maximum Gasteiger partial charge on any atom is 0.230 e. The van der Waals surface area contributed by atoms with Crippen LogP contribution in [0, 0.1) is 6.92 Å². The molecule has 5 rings (SSSR count). The van der Waals surface area contributed by atoms with Crippen molar-refractivity contribution in [3.63, 3.8) is 0 Å². The molecule has 34 heavy (non-hydrogen) atoms. The molecule has 0 spiro atoms. The van der Waals surface area contributed by atoms with E-state index in [1.54, 1.807) is 17.2 Å². The van der Waals surface area contributed by atoms with Gasteiger partial charge in [0, 0.05) is 43.8 Å². The molecule has 10 heteroatoms. The molecule has 1 saturated carbocycles. The van der Waals surface area contributed by atoms with Crippen LogP contribution < -0.4 is 10.1 Å². The Kier molecular flexibility index (Phi) is 6.46. The predicted octanol–water partition coefficient (Wildman–Crippen LogP) is 4.39. The second-order valence-corrected chi connectivity index (χ2v) is 10.0. The van der Waals surface area contributed by atoms with Crippen LogP contribution in [0.1, 0.15) is 29.8 Å². The number of nitrogens with one attached hydrogen (secondary N) is 1. The number of ether oxygens (including phenoxy) is 1. The maximum absolute atomic E-state index is 13.3. The standard InChI is InChI=1S/C24H27F2N5O2S/c1-15-9-16(20-12-28-22(34-20)24(32)4-2-5-24)11-17(10-15)29-23-27-6-3-21(30-23)33-8-7-31-13-18(25)19(26)14-31/h3,6,9-12,18-19,32H,2,4-5,7-8,13-14H2,1H3,(H,27,29,30). The SMILES string of the molecule is Cc1cc(Nc2nccc(OCCN3CC(F)C(F)C3)n2)cc(-c2cnc(C3(O)CCC3)s2)c1. The third-order valence-electron chi connectivity index (χ3n) is 6.25. The highest BCUT2D eigenvalue weighted by molar-refractivity contribution is 7.15. The van der Waals surface area contributed by atoms with Crippen LogP contribution in [0.4, 0.5) is 20.4 Å². The number of rotatable bonds is 8. The van der Waals surface area contributed by atoms with Gasteiger partial charge in [0.15, 0.2) is 0 Å². The van der Waals surface area contributed by atoms with Gasteiger partial charge in [-0.25, -0.2) is 18.7 Å². The molecule has 3 aromatic rings. The molecule has 1 saturated heterocycles. The largest absolute Gasteiger partial charge is 0.476 e. The lowest BCUT2D eigenvalue weighted by Gasteiger charge is -2.34. The minimum Gasteiger partial charge on any atom is -0.476 e. The van der Waals surface area contributed by atoms with Crippen LogP contribution in [-0.2, 0) is 5.60 Å². The van der Waals surface area contributed by atoms with E-state index in [9.17, 15) is 13.9 Å². The summed E-state index contributed by atoms with van der Waals surface area (Å²) in [7, 11) is 0. The summed E-state index contributed by atoms with van der Waals surface area (Å²) in [5, 5.41) is 14.6. The lowest BCUT2D eigenvalue weighted by molar-refractivity contribution is -0.0389. The lowest BCUT2D eigenvalue weighted by atomic mass is 9.81. The maximum atomic E-state index is 13.3. The van der Waals surface area contributed by atoms with E-state index in [4.69, 9.17) is 4.74 Å². The van der Waals surface area contributed by atoms with E-state index in [-0.39, 0.29) is 19.7 Å². The Morgan fingerprint density at radius 1 is 1.21 bits per heavy atom. The van der Waals surface area contributed by atoms with Crippen LogP contribution in [0.15, 0.2) is 36.7 Å². The van der Waals surface area contributed by atoms with Gasteiger partial charge in [-0.3, -0.25) is 4.90 Å². The number of alkyl halides is 2. The van der Waals surface area contributed by atoms with Crippen molar-refractivity contribution in [2.45, 2.75) is 44.1 Å². The van der Waals surface area contributed by atoms with Crippen molar-refractivity contribution in [3.8, 4) is 16.3 Å². The quantitative estimate of drug-likeness (QED) is 0.487. The molecule has 2 aliphatic rings. The predicted molar refractivity (Wildman–Crippen MR) is 127 cm³/mol. The van der Waals surface area contributed by atoms with Crippen LogP contribution in [0.2, 0.25) is 0 Å². The Balaban J connectivity index is 1.23. The van der Waals surface area contributed by atoms with E-state index in [2.05, 4.69) is 26.3 Å². The summed E-state index contributed by atoms with van der Waals surface area (Å²) >= 11 is 1.52. The van der Waals surface area contributed by atoms with Gasteiger partial charge in [0.05, 0.1) is 4.88 Å². The summed E-state index contributed by atoms with van der Waals surface area (Å²) in [6.45, 7) is 2.92. The first kappa shape index (κ1) is 23.1. The number of anilines is 2. The van der Waals surface area contributed by atoms with Gasteiger partial charge in [-0.2, -0.15) is 4.98 Å². The molecule has 0 bridgehead atoms. The van der Waals surface area contributed by atoms with Crippen molar-refractivity contribution < 1.29 is 18.6 Å². The first-order chi connectivity index (χ1) is 16.4. The van der Waals surface area contributed by atoms with Crippen LogP contribution in [0.5, 0.6) is 5.88 Å². The molecule has 1 aliphatic carbocycles. The molecule has 0 amide bonds. The van der Waals surface area contributed by atoms with Crippen molar-refractivity contribution in [1.29, 1.82) is 0 Å². The lowest BCUT2D eigenvalue weighted by Crippen LogP contribution is -2.33. The van der Waals surface area contributed by atoms with Gasteiger partial charge in [0.25, 0.3) is 0 Å². The average molecular weight is 488 g/mol. The van der Waals surface area contributed by atoms with Crippen LogP contribution in [0.25, 0.3) is 10.4 Å². The molecule has 1 aromatic carbocycles. The van der Waals surface area contributed by atoms with Crippen LogP contribution in [-0.4, -0.2) is 63.5 Å². The number of likely N-dealkylation sites (tertiary alicyclic amines) is 1. The zero-order valence-electron chi connectivity index (χ0n) is 18.9. The van der Waals surface area contributed by atoms with Gasteiger partial charge in [0.1, 0.15) is 29.6 Å². The fourth-order valence-electron chi connectivity index (χ4n) is 4.22. The monoisotopic (exact) mass is 487 g/mol. The van der Waals surface area contributed by atoms with E-state index in [0.29, 0.717) is 18.4 Å². The summed E-state index contributed by atoms with van der Waals surface area (Å²) in [6.07, 6.45) is 3.13. The molecule has 7 nitrogen and oxygen atoms in total. The fraction of sp³-hybridized carbons (Fsp3) is 0.458. The van der Waals surface area contributed by atoms with Gasteiger partial charge < -0.3 is 15.2 Å². The molecular formula is C24H27F2N5O2S. The first-order valence-electron chi connectivity index (χ1n) is 11.4. The number of halogens is 2. The molecular weight excluding hydrogens is 460 g/mol. The number of hydrogen-bond acceptors (Lipinski definition) is 8. The van der Waals surface area contributed by atoms with Crippen molar-refractivity contribution in [2.24, 2.45) is 0 Å². The highest BCUT2D eigenvalue weighted by Gasteiger charge is 2.39. The smallest absolute Gasteiger partial charge is 0.230 e. The van der Waals surface area contributed by atoms with Gasteiger partial charge in [-0.1, -0.05) is 6.07 Å². The normalized spacial score (nSPS) is 21.9. The van der Waals surface area contributed by atoms with Crippen molar-refractivity contribution in [1.82, 2.24) is 19.9 Å². The molecule has 1 aliphatic heterocycles. The van der Waals surface area contributed by atoms with Gasteiger partial charge >= 0.3 is 0 Å². The minimum atomic E-state index is -1.42. The number of nitrogens with zero attached hydrogens (tertiary/aromatic N) is 4. The Labute approximate surface area is 200 Å². The molecule has 2 fully saturated rings. The van der Waals surface area contributed by atoms with Gasteiger partial charge in [-0.15, -0.1) is 11.3 Å². The third kappa shape index (κ3) is 5.03. The zero-order valence-corrected chi connectivity index (χ0v) is 19.7. The van der Waals surface area contributed by atoms with Crippen LogP contribution in [0.3, 0.4) is 0 Å². The second kappa shape index (κ2) is 9.52. The Hall–Kier alpha value is -2.69. The summed E-state index contributed by atoms with van der Waals surface area (Å²) < 4.78 is 32.3. The van der Waals surface area contributed by atoms with Crippen LogP contribution >= 0.6 is 11.3 Å². The molecule has 2 unspecified atom stereocenters. The van der Waals surface area contributed by atoms with E-state index >= 15 is 0 Å². The Morgan fingerprint density at radius 2 is 2.00 bits per heavy atom. The second-order valence-electron chi connectivity index (χ2n) is 8.99. The van der Waals surface area contributed by atoms with Crippen molar-refractivity contribution >= 4 is 23.0 Å². The molecule has 2 aromatic heterocycles. The highest BCUT2D eigenvalue weighted by Crippen LogP contribution is 2.44. The fourth-order valence-corrected chi connectivity index (χ4v) is 5.27. The molecule has 2 N–H and O–H groups in total. The zero-order chi connectivity index (χ0) is 23.7. The van der Waals surface area contributed by atoms with Gasteiger partial charge in [0.2, 0.25) is 11.8 Å². The third-order valence-corrected chi connectivity index (χ3v) is 7.49. The highest BCUT2D eigenvalue weighted by atomic mass is 32.1. The topological polar surface area (TPSA) is 83.4 Å². The Bertz CT molecular complexity index is 1150. The van der Waals surface area contributed by atoms with E-state index in [1.165, 1.54) is 11.3 Å². The van der Waals surface area contributed by atoms with Gasteiger partial charge in [-0.05, 0) is 49.4 Å². The molecule has 0 radical (unpaired) electrons. The number of aliphatic hydroxyl groups is 1. The number of aryl methyl sites for hydroxylation is 1. The summed E-state index contributed by atoms with van der Waals surface area (Å²) in [5.41, 5.74) is 2.12. The Morgan fingerprint density at radius 3 is 2.74 bits per heavy atom. The molecule has 180 valence electrons. The average Bonchev–Trinajstić information content (AvgIpc) is 3.39. The minimum absolute atomic E-state index is 0.0946. The summed E-state index contributed by atoms with van der Waals surface area (Å²) in [6, 6.07) is 7.73. The number of thiazole rings is 1. The summed E-state index contributed by atoms with van der Waals surface area (Å²) in [4.78, 5) is 15.8. The van der Waals surface area contributed by atoms with Crippen molar-refractivity contribution in [2.75, 3.05) is 31.6 Å². The number of aromatic nitrogens is 3. The molecule has 3 heterocycles. The van der Waals surface area contributed by atoms with Crippen molar-refractivity contribution in [3.05, 3.63) is 47.2 Å².